The van der Waals surface area contributed by atoms with E-state index in [9.17, 15) is 13.2 Å². The van der Waals surface area contributed by atoms with E-state index in [2.05, 4.69) is 21.6 Å². The summed E-state index contributed by atoms with van der Waals surface area (Å²) >= 11 is 6.46. The van der Waals surface area contributed by atoms with Gasteiger partial charge in [0.1, 0.15) is 17.0 Å². The molecule has 4 rings (SSSR count). The number of hydrogen-bond donors (Lipinski definition) is 1. The van der Waals surface area contributed by atoms with Crippen LogP contribution in [0.3, 0.4) is 0 Å². The molecule has 7 nitrogen and oxygen atoms in total. The lowest BCUT2D eigenvalue weighted by Crippen LogP contribution is -2.31. The van der Waals surface area contributed by atoms with Crippen molar-refractivity contribution in [3.05, 3.63) is 88.3 Å². The molecule has 32 heavy (non-hydrogen) atoms. The van der Waals surface area contributed by atoms with E-state index in [0.29, 0.717) is 28.6 Å². The molecule has 0 atom stereocenters. The average Bonchev–Trinajstić information content (AvgIpc) is 3.09. The lowest BCUT2D eigenvalue weighted by atomic mass is 10.1. The lowest BCUT2D eigenvalue weighted by Gasteiger charge is -2.10. The van der Waals surface area contributed by atoms with Crippen molar-refractivity contribution in [3.8, 4) is 0 Å². The number of pyridine rings is 1. The van der Waals surface area contributed by atoms with Crippen molar-refractivity contribution in [2.45, 2.75) is 31.7 Å². The first-order chi connectivity index (χ1) is 15.3. The maximum Gasteiger partial charge on any atom is 0.283 e. The van der Waals surface area contributed by atoms with E-state index in [1.807, 2.05) is 29.7 Å². The molecule has 0 unspecified atom stereocenters. The van der Waals surface area contributed by atoms with Gasteiger partial charge >= 0.3 is 0 Å². The van der Waals surface area contributed by atoms with Crippen LogP contribution in [-0.4, -0.2) is 28.9 Å². The Morgan fingerprint density at radius 3 is 2.50 bits per heavy atom. The Hall–Kier alpha value is -3.23. The molecule has 164 valence electrons. The van der Waals surface area contributed by atoms with E-state index < -0.39 is 15.9 Å². The number of hydrogen-bond acceptors (Lipinski definition) is 5. The van der Waals surface area contributed by atoms with Crippen LogP contribution in [0.25, 0.3) is 11.2 Å². The van der Waals surface area contributed by atoms with Gasteiger partial charge in [-0.15, -0.1) is 0 Å². The number of imidazole rings is 1. The third kappa shape index (κ3) is 4.37. The summed E-state index contributed by atoms with van der Waals surface area (Å²) in [6.45, 7) is 4.33. The van der Waals surface area contributed by atoms with Crippen molar-refractivity contribution >= 4 is 38.7 Å². The van der Waals surface area contributed by atoms with E-state index in [4.69, 9.17) is 11.6 Å². The Kier molecular flexibility index (Phi) is 5.99. The van der Waals surface area contributed by atoms with Gasteiger partial charge in [-0.1, -0.05) is 48.9 Å². The number of fused-ring (bicyclic) bond motifs is 1. The highest BCUT2D eigenvalue weighted by molar-refractivity contribution is 7.90. The molecule has 0 radical (unpaired) electrons. The first kappa shape index (κ1) is 22.0. The zero-order chi connectivity index (χ0) is 22.9. The quantitative estimate of drug-likeness (QED) is 0.459. The number of halogens is 1. The van der Waals surface area contributed by atoms with Gasteiger partial charge in [0.15, 0.2) is 5.65 Å². The highest BCUT2D eigenvalue weighted by Crippen LogP contribution is 2.23. The number of carbonyl (C=O) groups is 1. The first-order valence-corrected chi connectivity index (χ1v) is 11.9. The third-order valence-corrected chi connectivity index (χ3v) is 6.85. The SMILES string of the molecule is CCc1ccc(Cn2c(C)nc3ccc(C(=O)NS(=O)(=O)c4ccccc4)nc32)c(Cl)c1. The van der Waals surface area contributed by atoms with Gasteiger partial charge in [-0.3, -0.25) is 4.79 Å². The van der Waals surface area contributed by atoms with Gasteiger partial charge < -0.3 is 4.57 Å². The van der Waals surface area contributed by atoms with Gasteiger partial charge in [0.2, 0.25) is 0 Å². The van der Waals surface area contributed by atoms with E-state index >= 15 is 0 Å². The summed E-state index contributed by atoms with van der Waals surface area (Å²) < 4.78 is 28.9. The number of sulfonamides is 1. The highest BCUT2D eigenvalue weighted by atomic mass is 35.5. The van der Waals surface area contributed by atoms with Crippen LogP contribution in [0.4, 0.5) is 0 Å². The number of aryl methyl sites for hydroxylation is 2. The number of rotatable bonds is 6. The molecule has 2 heterocycles. The smallest absolute Gasteiger partial charge is 0.283 e. The van der Waals surface area contributed by atoms with Gasteiger partial charge in [0.25, 0.3) is 15.9 Å². The summed E-state index contributed by atoms with van der Waals surface area (Å²) in [6.07, 6.45) is 0.888. The van der Waals surface area contributed by atoms with Crippen molar-refractivity contribution in [1.29, 1.82) is 0 Å². The summed E-state index contributed by atoms with van der Waals surface area (Å²) in [5, 5.41) is 0.647. The van der Waals surface area contributed by atoms with Gasteiger partial charge in [-0.2, -0.15) is 0 Å². The van der Waals surface area contributed by atoms with Crippen LogP contribution in [0.5, 0.6) is 0 Å². The molecule has 2 aromatic carbocycles. The Balaban J connectivity index is 1.66. The molecule has 9 heteroatoms. The Morgan fingerprint density at radius 2 is 1.81 bits per heavy atom. The largest absolute Gasteiger partial charge is 0.308 e. The fourth-order valence-electron chi connectivity index (χ4n) is 3.37. The van der Waals surface area contributed by atoms with E-state index in [-0.39, 0.29) is 10.6 Å². The zero-order valence-electron chi connectivity index (χ0n) is 17.5. The fourth-order valence-corrected chi connectivity index (χ4v) is 4.62. The van der Waals surface area contributed by atoms with Crippen LogP contribution in [0.1, 0.15) is 34.4 Å². The topological polar surface area (TPSA) is 94.0 Å². The molecule has 1 N–H and O–H groups in total. The van der Waals surface area contributed by atoms with E-state index in [1.54, 1.807) is 24.3 Å². The number of aromatic nitrogens is 3. The molecule has 1 amide bonds. The fraction of sp³-hybridized carbons (Fsp3) is 0.174. The van der Waals surface area contributed by atoms with Crippen molar-refractivity contribution in [2.24, 2.45) is 0 Å². The second kappa shape index (κ2) is 8.72. The number of nitrogens with zero attached hydrogens (tertiary/aromatic N) is 3. The minimum absolute atomic E-state index is 0.000447. The first-order valence-electron chi connectivity index (χ1n) is 10.0. The number of carbonyl (C=O) groups excluding carboxylic acids is 1. The van der Waals surface area contributed by atoms with Crippen LogP contribution < -0.4 is 4.72 Å². The van der Waals surface area contributed by atoms with Crippen LogP contribution in [0.2, 0.25) is 5.02 Å². The molecule has 0 saturated carbocycles. The molecule has 0 aliphatic rings. The normalized spacial score (nSPS) is 11.6. The van der Waals surface area contributed by atoms with Gasteiger partial charge in [-0.05, 0) is 54.8 Å². The minimum atomic E-state index is -4.01. The summed E-state index contributed by atoms with van der Waals surface area (Å²) in [5.41, 5.74) is 3.09. The van der Waals surface area contributed by atoms with Gasteiger partial charge in [-0.25, -0.2) is 23.1 Å². The number of nitrogens with one attached hydrogen (secondary N) is 1. The number of amides is 1. The van der Waals surface area contributed by atoms with Crippen molar-refractivity contribution in [1.82, 2.24) is 19.3 Å². The van der Waals surface area contributed by atoms with Crippen molar-refractivity contribution in [3.63, 3.8) is 0 Å². The standard InChI is InChI=1S/C23H21ClN4O3S/c1-3-16-9-10-17(19(24)13-16)14-28-15(2)25-20-11-12-21(26-22(20)28)23(29)27-32(30,31)18-7-5-4-6-8-18/h4-13H,3,14H2,1-2H3,(H,27,29). The third-order valence-electron chi connectivity index (χ3n) is 5.15. The summed E-state index contributed by atoms with van der Waals surface area (Å²) in [4.78, 5) is 21.6. The van der Waals surface area contributed by atoms with Crippen molar-refractivity contribution < 1.29 is 13.2 Å². The monoisotopic (exact) mass is 468 g/mol. The predicted molar refractivity (Wildman–Crippen MR) is 123 cm³/mol. The summed E-state index contributed by atoms with van der Waals surface area (Å²) in [7, 11) is -4.01. The maximum absolute atomic E-state index is 12.7. The second-order valence-corrected chi connectivity index (χ2v) is 9.40. The maximum atomic E-state index is 12.7. The highest BCUT2D eigenvalue weighted by Gasteiger charge is 2.21. The van der Waals surface area contributed by atoms with Crippen LogP contribution in [0.15, 0.2) is 65.6 Å². The molecule has 0 aliphatic carbocycles. The summed E-state index contributed by atoms with van der Waals surface area (Å²) in [6, 6.07) is 16.7. The van der Waals surface area contributed by atoms with Crippen LogP contribution >= 0.6 is 11.6 Å². The Bertz CT molecular complexity index is 1420. The molecule has 0 fully saturated rings. The molecule has 0 bridgehead atoms. The second-order valence-electron chi connectivity index (χ2n) is 7.31. The van der Waals surface area contributed by atoms with Crippen molar-refractivity contribution in [2.75, 3.05) is 0 Å². The van der Waals surface area contributed by atoms with Gasteiger partial charge in [0.05, 0.1) is 11.4 Å². The Morgan fingerprint density at radius 1 is 1.06 bits per heavy atom. The van der Waals surface area contributed by atoms with Gasteiger partial charge in [0, 0.05) is 5.02 Å². The molecule has 0 saturated heterocycles. The zero-order valence-corrected chi connectivity index (χ0v) is 19.1. The van der Waals surface area contributed by atoms with E-state index in [0.717, 1.165) is 17.5 Å². The lowest BCUT2D eigenvalue weighted by molar-refractivity contribution is 0.0977. The number of benzene rings is 2. The molecule has 0 aliphatic heterocycles. The van der Waals surface area contributed by atoms with Crippen LogP contribution in [0, 0.1) is 6.92 Å². The average molecular weight is 469 g/mol. The Labute approximate surface area is 191 Å². The molecule has 4 aromatic rings. The summed E-state index contributed by atoms with van der Waals surface area (Å²) in [5.74, 6) is -0.107. The predicted octanol–water partition coefficient (Wildman–Crippen LogP) is 4.12. The minimum Gasteiger partial charge on any atom is -0.308 e. The molecular formula is C23H21ClN4O3S. The molecule has 0 spiro atoms. The van der Waals surface area contributed by atoms with E-state index in [1.165, 1.54) is 18.2 Å². The molecule has 2 aromatic heterocycles. The van der Waals surface area contributed by atoms with Crippen LogP contribution in [-0.2, 0) is 23.0 Å². The molecular weight excluding hydrogens is 448 g/mol.